The molecule has 0 aromatic heterocycles. The number of hydrogen-bond donors (Lipinski definition) is 0. The average Bonchev–Trinajstić information content (AvgIpc) is 3.32. The Kier molecular flexibility index (Phi) is 6.51. The number of nitrogens with zero attached hydrogens (tertiary/aromatic N) is 3. The van der Waals surface area contributed by atoms with Crippen LogP contribution >= 0.6 is 0 Å². The predicted molar refractivity (Wildman–Crippen MR) is 135 cm³/mol. The molecule has 2 aliphatic heterocycles. The molecule has 3 aromatic rings. The molecule has 0 bridgehead atoms. The molecule has 0 spiro atoms. The molecular formula is C28H29N3O4. The van der Waals surface area contributed by atoms with Crippen molar-refractivity contribution in [3.63, 3.8) is 0 Å². The van der Waals surface area contributed by atoms with Crippen LogP contribution in [0, 0.1) is 10.1 Å². The number of methoxy groups -OCH3 is 1. The molecular weight excluding hydrogens is 442 g/mol. The number of likely N-dealkylation sites (tertiary alicyclic amines) is 1. The van der Waals surface area contributed by atoms with Gasteiger partial charge in [-0.3, -0.25) is 19.8 Å². The number of amides is 1. The lowest BCUT2D eigenvalue weighted by atomic mass is 9.88. The number of ether oxygens (including phenoxy) is 1. The van der Waals surface area contributed by atoms with Crippen molar-refractivity contribution in [2.24, 2.45) is 0 Å². The molecule has 0 unspecified atom stereocenters. The summed E-state index contributed by atoms with van der Waals surface area (Å²) in [6.07, 6.45) is 2.83. The van der Waals surface area contributed by atoms with Crippen molar-refractivity contribution in [1.29, 1.82) is 0 Å². The number of carbonyl (C=O) groups is 1. The van der Waals surface area contributed by atoms with Crippen LogP contribution in [-0.4, -0.2) is 42.5 Å². The molecule has 1 saturated heterocycles. The van der Waals surface area contributed by atoms with Crippen LogP contribution in [0.25, 0.3) is 0 Å². The topological polar surface area (TPSA) is 75.9 Å². The maximum Gasteiger partial charge on any atom is 0.269 e. The van der Waals surface area contributed by atoms with Crippen molar-refractivity contribution in [3.8, 4) is 5.75 Å². The average molecular weight is 472 g/mol. The third-order valence-corrected chi connectivity index (χ3v) is 7.19. The largest absolute Gasteiger partial charge is 0.496 e. The number of non-ortho nitro benzene ring substituents is 1. The van der Waals surface area contributed by atoms with Crippen molar-refractivity contribution in [2.75, 3.05) is 31.6 Å². The molecule has 0 N–H and O–H groups in total. The van der Waals surface area contributed by atoms with Gasteiger partial charge in [-0.1, -0.05) is 30.3 Å². The van der Waals surface area contributed by atoms with E-state index in [0.29, 0.717) is 24.4 Å². The zero-order valence-electron chi connectivity index (χ0n) is 19.9. The molecule has 7 nitrogen and oxygen atoms in total. The van der Waals surface area contributed by atoms with Gasteiger partial charge in [-0.25, -0.2) is 0 Å². The van der Waals surface area contributed by atoms with E-state index in [0.717, 1.165) is 49.5 Å². The smallest absolute Gasteiger partial charge is 0.269 e. The second kappa shape index (κ2) is 9.88. The lowest BCUT2D eigenvalue weighted by Gasteiger charge is -2.32. The molecule has 0 saturated carbocycles. The van der Waals surface area contributed by atoms with Crippen LogP contribution in [0.5, 0.6) is 5.75 Å². The van der Waals surface area contributed by atoms with Crippen LogP contribution in [-0.2, 0) is 13.0 Å². The van der Waals surface area contributed by atoms with Crippen LogP contribution in [0.1, 0.15) is 45.8 Å². The minimum atomic E-state index is -0.398. The fourth-order valence-electron chi connectivity index (χ4n) is 5.29. The molecule has 5 rings (SSSR count). The Bertz CT molecular complexity index is 1230. The highest BCUT2D eigenvalue weighted by Gasteiger charge is 2.27. The van der Waals surface area contributed by atoms with Gasteiger partial charge < -0.3 is 9.64 Å². The summed E-state index contributed by atoms with van der Waals surface area (Å²) in [5, 5.41) is 11.0. The highest BCUT2D eigenvalue weighted by Crippen LogP contribution is 2.35. The molecule has 1 amide bonds. The Morgan fingerprint density at radius 2 is 1.77 bits per heavy atom. The van der Waals surface area contributed by atoms with Gasteiger partial charge in [0.15, 0.2) is 0 Å². The molecule has 0 atom stereocenters. The van der Waals surface area contributed by atoms with E-state index in [4.69, 9.17) is 4.74 Å². The van der Waals surface area contributed by atoms with Crippen LogP contribution in [0.4, 0.5) is 11.4 Å². The van der Waals surface area contributed by atoms with Crippen LogP contribution in [0.15, 0.2) is 66.7 Å². The highest BCUT2D eigenvalue weighted by atomic mass is 16.6. The van der Waals surface area contributed by atoms with Gasteiger partial charge in [-0.2, -0.15) is 0 Å². The van der Waals surface area contributed by atoms with Crippen molar-refractivity contribution >= 4 is 17.3 Å². The van der Waals surface area contributed by atoms with Crippen molar-refractivity contribution in [2.45, 2.75) is 31.7 Å². The van der Waals surface area contributed by atoms with Gasteiger partial charge in [0.2, 0.25) is 0 Å². The summed E-state index contributed by atoms with van der Waals surface area (Å²) in [7, 11) is 1.73. The summed E-state index contributed by atoms with van der Waals surface area (Å²) >= 11 is 0. The third-order valence-electron chi connectivity index (χ3n) is 7.19. The number of hydrogen-bond acceptors (Lipinski definition) is 5. The maximum absolute atomic E-state index is 13.1. The molecule has 0 aliphatic carbocycles. The van der Waals surface area contributed by atoms with Crippen molar-refractivity contribution in [3.05, 3.63) is 99.1 Å². The van der Waals surface area contributed by atoms with Crippen LogP contribution in [0.2, 0.25) is 0 Å². The van der Waals surface area contributed by atoms with E-state index in [1.54, 1.807) is 24.1 Å². The van der Waals surface area contributed by atoms with Crippen molar-refractivity contribution < 1.29 is 14.5 Å². The Labute approximate surface area is 205 Å². The van der Waals surface area contributed by atoms with Gasteiger partial charge in [0, 0.05) is 36.5 Å². The first-order valence-corrected chi connectivity index (χ1v) is 12.1. The number of fused-ring (bicyclic) bond motifs is 1. The van der Waals surface area contributed by atoms with E-state index in [9.17, 15) is 14.9 Å². The lowest BCUT2D eigenvalue weighted by molar-refractivity contribution is -0.384. The van der Waals surface area contributed by atoms with Gasteiger partial charge in [-0.05, 0) is 79.2 Å². The molecule has 0 radical (unpaired) electrons. The van der Waals surface area contributed by atoms with E-state index in [2.05, 4.69) is 17.0 Å². The van der Waals surface area contributed by atoms with Crippen LogP contribution in [0.3, 0.4) is 0 Å². The number of nitro benzene ring substituents is 1. The molecule has 1 fully saturated rings. The minimum absolute atomic E-state index is 0.0642. The van der Waals surface area contributed by atoms with E-state index < -0.39 is 4.92 Å². The van der Waals surface area contributed by atoms with Crippen LogP contribution < -0.4 is 9.64 Å². The number of nitro groups is 1. The fourth-order valence-corrected chi connectivity index (χ4v) is 5.29. The summed E-state index contributed by atoms with van der Waals surface area (Å²) in [5.74, 6) is 1.43. The van der Waals surface area contributed by atoms with Gasteiger partial charge in [0.25, 0.3) is 11.6 Å². The second-order valence-corrected chi connectivity index (χ2v) is 9.27. The Morgan fingerprint density at radius 3 is 2.49 bits per heavy atom. The highest BCUT2D eigenvalue weighted by molar-refractivity contribution is 6.07. The summed E-state index contributed by atoms with van der Waals surface area (Å²) in [6.45, 7) is 3.46. The summed E-state index contributed by atoms with van der Waals surface area (Å²) in [4.78, 5) is 27.9. The number of benzene rings is 3. The standard InChI is InChI=1S/C28H29N3O4/c1-35-27-5-3-2-4-25(27)21-12-15-29(16-13-21)19-20-6-8-22(9-7-20)28(32)30-17-14-23-18-24(31(33)34)10-11-26(23)30/h2-11,18,21H,12-17,19H2,1H3. The third kappa shape index (κ3) is 4.77. The monoisotopic (exact) mass is 471 g/mol. The molecule has 7 heteroatoms. The number of carbonyl (C=O) groups excluding carboxylic acids is 1. The zero-order chi connectivity index (χ0) is 24.4. The fraction of sp³-hybridized carbons (Fsp3) is 0.321. The van der Waals surface area contributed by atoms with E-state index in [-0.39, 0.29) is 11.6 Å². The number of anilines is 1. The summed E-state index contributed by atoms with van der Waals surface area (Å²) in [5.41, 5.74) is 4.80. The second-order valence-electron chi connectivity index (χ2n) is 9.27. The number of para-hydroxylation sites is 1. The predicted octanol–water partition coefficient (Wildman–Crippen LogP) is 5.19. The first-order valence-electron chi connectivity index (χ1n) is 12.1. The van der Waals surface area contributed by atoms with Gasteiger partial charge >= 0.3 is 0 Å². The summed E-state index contributed by atoms with van der Waals surface area (Å²) < 4.78 is 5.55. The summed E-state index contributed by atoms with van der Waals surface area (Å²) in [6, 6.07) is 20.9. The number of piperidine rings is 1. The Hall–Kier alpha value is -3.71. The normalized spacial score (nSPS) is 16.2. The lowest BCUT2D eigenvalue weighted by Crippen LogP contribution is -2.32. The zero-order valence-corrected chi connectivity index (χ0v) is 19.9. The SMILES string of the molecule is COc1ccccc1C1CCN(Cc2ccc(C(=O)N3CCc4cc([N+](=O)[O-])ccc43)cc2)CC1. The number of rotatable bonds is 6. The molecule has 35 heavy (non-hydrogen) atoms. The van der Waals surface area contributed by atoms with Gasteiger partial charge in [0.05, 0.1) is 12.0 Å². The Balaban J connectivity index is 1.19. The van der Waals surface area contributed by atoms with E-state index >= 15 is 0 Å². The quantitative estimate of drug-likeness (QED) is 0.365. The molecule has 2 heterocycles. The van der Waals surface area contributed by atoms with E-state index in [1.165, 1.54) is 17.2 Å². The minimum Gasteiger partial charge on any atom is -0.496 e. The first kappa shape index (κ1) is 23.1. The maximum atomic E-state index is 13.1. The molecule has 180 valence electrons. The van der Waals surface area contributed by atoms with E-state index in [1.807, 2.05) is 36.4 Å². The van der Waals surface area contributed by atoms with Gasteiger partial charge in [0.1, 0.15) is 5.75 Å². The molecule has 3 aromatic carbocycles. The molecule has 2 aliphatic rings. The van der Waals surface area contributed by atoms with Crippen molar-refractivity contribution in [1.82, 2.24) is 4.90 Å². The van der Waals surface area contributed by atoms with Gasteiger partial charge in [-0.15, -0.1) is 0 Å². The first-order chi connectivity index (χ1) is 17.0. The Morgan fingerprint density at radius 1 is 1.03 bits per heavy atom.